The van der Waals surface area contributed by atoms with Crippen LogP contribution in [0.3, 0.4) is 0 Å². The first-order chi connectivity index (χ1) is 19.2. The normalized spacial score (nSPS) is 12.2. The fourth-order valence-electron chi connectivity index (χ4n) is 4.09. The summed E-state index contributed by atoms with van der Waals surface area (Å²) in [6, 6.07) is 19.6. The van der Waals surface area contributed by atoms with Gasteiger partial charge in [0.2, 0.25) is 0 Å². The van der Waals surface area contributed by atoms with Gasteiger partial charge in [-0.05, 0) is 54.4 Å². The number of ether oxygens (including phenoxy) is 2. The van der Waals surface area contributed by atoms with Crippen LogP contribution in [0, 0.1) is 0 Å². The Hall–Kier alpha value is -3.83. The summed E-state index contributed by atoms with van der Waals surface area (Å²) in [7, 11) is 3.26. The van der Waals surface area contributed by atoms with E-state index in [-0.39, 0.29) is 18.5 Å². The predicted molar refractivity (Wildman–Crippen MR) is 147 cm³/mol. The highest BCUT2D eigenvalue weighted by molar-refractivity contribution is 7.98. The van der Waals surface area contributed by atoms with Crippen LogP contribution in [-0.4, -0.2) is 41.5 Å². The Balaban J connectivity index is 1.42. The monoisotopic (exact) mass is 570 g/mol. The minimum absolute atomic E-state index is 0.00863. The number of carbonyl (C=O) groups excluding carboxylic acids is 1. The van der Waals surface area contributed by atoms with Gasteiger partial charge in [-0.3, -0.25) is 9.36 Å². The van der Waals surface area contributed by atoms with Crippen molar-refractivity contribution in [1.29, 1.82) is 0 Å². The van der Waals surface area contributed by atoms with Crippen molar-refractivity contribution in [2.75, 3.05) is 20.8 Å². The van der Waals surface area contributed by atoms with Crippen LogP contribution < -0.4 is 10.1 Å². The number of alkyl halides is 3. The second-order valence-corrected chi connectivity index (χ2v) is 10.0. The molecule has 0 aliphatic heterocycles. The summed E-state index contributed by atoms with van der Waals surface area (Å²) in [5.74, 6) is 1.65. The van der Waals surface area contributed by atoms with Crippen LogP contribution in [0.15, 0.2) is 78.0 Å². The Labute approximate surface area is 234 Å². The van der Waals surface area contributed by atoms with Gasteiger partial charge in [-0.25, -0.2) is 0 Å². The Bertz CT molecular complexity index is 1440. The second kappa shape index (κ2) is 13.0. The Morgan fingerprint density at radius 1 is 1.00 bits per heavy atom. The number of rotatable bonds is 11. The van der Waals surface area contributed by atoms with Crippen LogP contribution in [0.1, 0.15) is 40.0 Å². The zero-order valence-electron chi connectivity index (χ0n) is 22.2. The first-order valence-electron chi connectivity index (χ1n) is 12.4. The van der Waals surface area contributed by atoms with Crippen LogP contribution >= 0.6 is 11.8 Å². The molecule has 0 fully saturated rings. The SMILES string of the molecule is COC[C@H](C)n1c(SCc2ccc(C(=O)NCc3cccc(C(F)(F)F)c3)cc2)nnc1-c1cccc(OC)c1. The van der Waals surface area contributed by atoms with Gasteiger partial charge in [0, 0.05) is 30.5 Å². The third kappa shape index (κ3) is 7.22. The molecule has 1 amide bonds. The van der Waals surface area contributed by atoms with Gasteiger partial charge in [0.15, 0.2) is 11.0 Å². The number of aromatic nitrogens is 3. The van der Waals surface area contributed by atoms with Gasteiger partial charge in [-0.15, -0.1) is 10.2 Å². The lowest BCUT2D eigenvalue weighted by Gasteiger charge is -2.17. The molecule has 1 aromatic heterocycles. The van der Waals surface area contributed by atoms with E-state index in [1.807, 2.05) is 47.9 Å². The number of hydrogen-bond acceptors (Lipinski definition) is 6. The number of thioether (sulfide) groups is 1. The molecule has 4 rings (SSSR count). The van der Waals surface area contributed by atoms with Crippen LogP contribution in [0.5, 0.6) is 5.75 Å². The number of carbonyl (C=O) groups is 1. The Kier molecular flexibility index (Phi) is 9.49. The fourth-order valence-corrected chi connectivity index (χ4v) is 5.08. The largest absolute Gasteiger partial charge is 0.497 e. The summed E-state index contributed by atoms with van der Waals surface area (Å²) in [5.41, 5.74) is 1.89. The number of nitrogens with zero attached hydrogens (tertiary/aromatic N) is 3. The topological polar surface area (TPSA) is 78.3 Å². The molecular formula is C29H29F3N4O3S. The van der Waals surface area contributed by atoms with Crippen molar-refractivity contribution in [3.05, 3.63) is 95.1 Å². The van der Waals surface area contributed by atoms with Gasteiger partial charge in [0.1, 0.15) is 5.75 Å². The highest BCUT2D eigenvalue weighted by atomic mass is 32.2. The minimum atomic E-state index is -4.43. The summed E-state index contributed by atoms with van der Waals surface area (Å²) in [4.78, 5) is 12.6. The lowest BCUT2D eigenvalue weighted by Crippen LogP contribution is -2.23. The molecule has 0 bridgehead atoms. The first kappa shape index (κ1) is 29.2. The number of benzene rings is 3. The van der Waals surface area contributed by atoms with Crippen molar-refractivity contribution in [2.45, 2.75) is 36.6 Å². The fraction of sp³-hybridized carbons (Fsp3) is 0.276. The molecule has 0 unspecified atom stereocenters. The smallest absolute Gasteiger partial charge is 0.416 e. The summed E-state index contributed by atoms with van der Waals surface area (Å²) in [6.07, 6.45) is -4.43. The lowest BCUT2D eigenvalue weighted by atomic mass is 10.1. The third-order valence-corrected chi connectivity index (χ3v) is 7.15. The molecule has 0 radical (unpaired) electrons. The number of amides is 1. The minimum Gasteiger partial charge on any atom is -0.497 e. The standard InChI is InChI=1S/C29H29F3N4O3S/c1-19(17-38-2)36-26(23-7-5-9-25(15-23)39-3)34-35-28(36)40-18-20-10-12-22(13-11-20)27(37)33-16-21-6-4-8-24(14-21)29(30,31)32/h4-15,19H,16-18H2,1-3H3,(H,33,37)/t19-/m0/s1. The molecule has 0 saturated heterocycles. The molecule has 3 aromatic carbocycles. The van der Waals surface area contributed by atoms with Gasteiger partial charge in [0.05, 0.1) is 25.3 Å². The zero-order chi connectivity index (χ0) is 28.7. The molecule has 0 aliphatic carbocycles. The molecule has 0 aliphatic rings. The van der Waals surface area contributed by atoms with E-state index in [1.54, 1.807) is 32.4 Å². The molecule has 1 heterocycles. The molecule has 1 atom stereocenters. The van der Waals surface area contributed by atoms with Gasteiger partial charge in [-0.2, -0.15) is 13.2 Å². The van der Waals surface area contributed by atoms with Crippen LogP contribution in [0.2, 0.25) is 0 Å². The zero-order valence-corrected chi connectivity index (χ0v) is 23.1. The van der Waals surface area contributed by atoms with E-state index >= 15 is 0 Å². The predicted octanol–water partition coefficient (Wildman–Crippen LogP) is 6.40. The van der Waals surface area contributed by atoms with Crippen LogP contribution in [-0.2, 0) is 23.2 Å². The van der Waals surface area contributed by atoms with Gasteiger partial charge in [-0.1, -0.05) is 48.2 Å². The van der Waals surface area contributed by atoms with Crippen LogP contribution in [0.25, 0.3) is 11.4 Å². The average Bonchev–Trinajstić information content (AvgIpc) is 3.39. The molecule has 0 saturated carbocycles. The molecular weight excluding hydrogens is 541 g/mol. The van der Waals surface area contributed by atoms with E-state index in [9.17, 15) is 18.0 Å². The summed E-state index contributed by atoms with van der Waals surface area (Å²) >= 11 is 1.51. The summed E-state index contributed by atoms with van der Waals surface area (Å²) < 4.78 is 51.6. The van der Waals surface area contributed by atoms with Crippen molar-refractivity contribution in [1.82, 2.24) is 20.1 Å². The molecule has 1 N–H and O–H groups in total. The number of methoxy groups -OCH3 is 2. The molecule has 7 nitrogen and oxygen atoms in total. The molecule has 40 heavy (non-hydrogen) atoms. The Morgan fingerprint density at radius 3 is 2.45 bits per heavy atom. The van der Waals surface area contributed by atoms with Crippen molar-refractivity contribution < 1.29 is 27.4 Å². The van der Waals surface area contributed by atoms with Gasteiger partial charge < -0.3 is 14.8 Å². The van der Waals surface area contributed by atoms with E-state index < -0.39 is 11.7 Å². The lowest BCUT2D eigenvalue weighted by molar-refractivity contribution is -0.137. The first-order valence-corrected chi connectivity index (χ1v) is 13.4. The maximum Gasteiger partial charge on any atom is 0.416 e. The molecule has 210 valence electrons. The van der Waals surface area contributed by atoms with Crippen molar-refractivity contribution in [3.8, 4) is 17.1 Å². The van der Waals surface area contributed by atoms with E-state index in [4.69, 9.17) is 9.47 Å². The maximum absolute atomic E-state index is 12.9. The maximum atomic E-state index is 12.9. The van der Waals surface area contributed by atoms with E-state index in [0.717, 1.165) is 34.2 Å². The van der Waals surface area contributed by atoms with Crippen molar-refractivity contribution >= 4 is 17.7 Å². The highest BCUT2D eigenvalue weighted by Gasteiger charge is 2.30. The number of hydrogen-bond donors (Lipinski definition) is 1. The molecule has 11 heteroatoms. The number of halogens is 3. The van der Waals surface area contributed by atoms with Crippen LogP contribution in [0.4, 0.5) is 13.2 Å². The second-order valence-electron chi connectivity index (χ2n) is 9.08. The van der Waals surface area contributed by atoms with Crippen molar-refractivity contribution in [2.24, 2.45) is 0 Å². The van der Waals surface area contributed by atoms with Crippen molar-refractivity contribution in [3.63, 3.8) is 0 Å². The van der Waals surface area contributed by atoms with E-state index in [1.165, 1.54) is 17.8 Å². The third-order valence-electron chi connectivity index (χ3n) is 6.13. The molecule has 0 spiro atoms. The molecule has 4 aromatic rings. The van der Waals surface area contributed by atoms with Gasteiger partial charge in [0.25, 0.3) is 5.91 Å². The summed E-state index contributed by atoms with van der Waals surface area (Å²) in [6.45, 7) is 2.51. The average molecular weight is 571 g/mol. The highest BCUT2D eigenvalue weighted by Crippen LogP contribution is 2.32. The quantitative estimate of drug-likeness (QED) is 0.210. The number of nitrogens with one attached hydrogen (secondary N) is 1. The van der Waals surface area contributed by atoms with Gasteiger partial charge >= 0.3 is 6.18 Å². The summed E-state index contributed by atoms with van der Waals surface area (Å²) in [5, 5.41) is 12.3. The van der Waals surface area contributed by atoms with E-state index in [0.29, 0.717) is 29.3 Å². The Morgan fingerprint density at radius 2 is 1.75 bits per heavy atom. The van der Waals surface area contributed by atoms with E-state index in [2.05, 4.69) is 15.5 Å².